The molecule has 0 spiro atoms. The fraction of sp³-hybridized carbons (Fsp3) is 0.308. The third-order valence-corrected chi connectivity index (χ3v) is 3.43. The summed E-state index contributed by atoms with van der Waals surface area (Å²) in [6.45, 7) is 0. The van der Waals surface area contributed by atoms with Gasteiger partial charge in [-0.15, -0.1) is 0 Å². The first-order valence-corrected chi connectivity index (χ1v) is 5.59. The van der Waals surface area contributed by atoms with Crippen LogP contribution in [0.1, 0.15) is 29.9 Å². The smallest absolute Gasteiger partial charge is 0.310 e. The van der Waals surface area contributed by atoms with Gasteiger partial charge in [-0.1, -0.05) is 12.1 Å². The lowest BCUT2D eigenvalue weighted by Crippen LogP contribution is -2.10. The third-order valence-electron chi connectivity index (χ3n) is 3.43. The minimum absolute atomic E-state index is 0.347. The summed E-state index contributed by atoms with van der Waals surface area (Å²) in [5.74, 6) is -1.05. The highest BCUT2D eigenvalue weighted by molar-refractivity contribution is 5.92. The Balaban J connectivity index is 2.31. The van der Waals surface area contributed by atoms with Gasteiger partial charge in [-0.05, 0) is 36.5 Å². The highest BCUT2D eigenvalue weighted by Gasteiger charge is 2.25. The summed E-state index contributed by atoms with van der Waals surface area (Å²) in [7, 11) is 0. The summed E-state index contributed by atoms with van der Waals surface area (Å²) in [6.07, 6.45) is 4.67. The van der Waals surface area contributed by atoms with E-state index in [4.69, 9.17) is 0 Å². The van der Waals surface area contributed by atoms with Gasteiger partial charge < -0.3 is 10.1 Å². The maximum absolute atomic E-state index is 11.3. The van der Waals surface area contributed by atoms with Crippen molar-refractivity contribution in [1.29, 1.82) is 0 Å². The SMILES string of the molecule is O=C(O)C1CCCc2c[nH]c3cccc1c23. The molecule has 1 aromatic carbocycles. The molecule has 1 atom stereocenters. The molecule has 1 aliphatic carbocycles. The number of aryl methyl sites for hydroxylation is 1. The molecular formula is C13H13NO2. The van der Waals surface area contributed by atoms with E-state index in [0.717, 1.165) is 35.7 Å². The van der Waals surface area contributed by atoms with Gasteiger partial charge in [0, 0.05) is 17.1 Å². The molecule has 3 rings (SSSR count). The summed E-state index contributed by atoms with van der Waals surface area (Å²) in [5, 5.41) is 10.4. The van der Waals surface area contributed by atoms with Crippen LogP contribution in [0.25, 0.3) is 10.9 Å². The average molecular weight is 215 g/mol. The van der Waals surface area contributed by atoms with Crippen molar-refractivity contribution < 1.29 is 9.90 Å². The summed E-state index contributed by atoms with van der Waals surface area (Å²) in [6, 6.07) is 5.88. The van der Waals surface area contributed by atoms with E-state index in [9.17, 15) is 9.90 Å². The zero-order chi connectivity index (χ0) is 11.1. The second-order valence-corrected chi connectivity index (χ2v) is 4.37. The molecule has 1 aliphatic rings. The Hall–Kier alpha value is -1.77. The summed E-state index contributed by atoms with van der Waals surface area (Å²) < 4.78 is 0. The Bertz CT molecular complexity index is 556. The lowest BCUT2D eigenvalue weighted by molar-refractivity contribution is -0.138. The van der Waals surface area contributed by atoms with E-state index >= 15 is 0 Å². The Morgan fingerprint density at radius 3 is 3.12 bits per heavy atom. The Labute approximate surface area is 93.1 Å². The van der Waals surface area contributed by atoms with Crippen LogP contribution in [-0.2, 0) is 11.2 Å². The second kappa shape index (κ2) is 3.37. The number of hydrogen-bond donors (Lipinski definition) is 2. The first-order valence-electron chi connectivity index (χ1n) is 5.59. The molecule has 1 aromatic heterocycles. The second-order valence-electron chi connectivity index (χ2n) is 4.37. The van der Waals surface area contributed by atoms with E-state index in [1.54, 1.807) is 0 Å². The van der Waals surface area contributed by atoms with Gasteiger partial charge in [0.25, 0.3) is 0 Å². The summed E-state index contributed by atoms with van der Waals surface area (Å²) in [5.41, 5.74) is 3.29. The molecule has 3 heteroatoms. The van der Waals surface area contributed by atoms with Gasteiger partial charge in [-0.2, -0.15) is 0 Å². The van der Waals surface area contributed by atoms with E-state index in [-0.39, 0.29) is 5.92 Å². The zero-order valence-electron chi connectivity index (χ0n) is 8.86. The molecule has 82 valence electrons. The van der Waals surface area contributed by atoms with Crippen LogP contribution in [0.5, 0.6) is 0 Å². The molecule has 0 radical (unpaired) electrons. The van der Waals surface area contributed by atoms with E-state index in [1.807, 2.05) is 24.4 Å². The van der Waals surface area contributed by atoms with Crippen molar-refractivity contribution in [3.05, 3.63) is 35.5 Å². The highest BCUT2D eigenvalue weighted by atomic mass is 16.4. The van der Waals surface area contributed by atoms with E-state index in [0.29, 0.717) is 0 Å². The van der Waals surface area contributed by atoms with Gasteiger partial charge in [0.15, 0.2) is 0 Å². The predicted molar refractivity (Wildman–Crippen MR) is 61.6 cm³/mol. The quantitative estimate of drug-likeness (QED) is 0.768. The van der Waals surface area contributed by atoms with Gasteiger partial charge >= 0.3 is 5.97 Å². The lowest BCUT2D eigenvalue weighted by Gasteiger charge is -2.11. The zero-order valence-corrected chi connectivity index (χ0v) is 8.86. The molecule has 0 aliphatic heterocycles. The normalized spacial score (nSPS) is 19.6. The fourth-order valence-corrected chi connectivity index (χ4v) is 2.68. The minimum atomic E-state index is -0.707. The topological polar surface area (TPSA) is 53.1 Å². The third kappa shape index (κ3) is 1.24. The molecule has 16 heavy (non-hydrogen) atoms. The van der Waals surface area contributed by atoms with Gasteiger partial charge in [0.1, 0.15) is 0 Å². The van der Waals surface area contributed by atoms with Crippen LogP contribution in [0.3, 0.4) is 0 Å². The van der Waals surface area contributed by atoms with Crippen molar-refractivity contribution in [1.82, 2.24) is 4.98 Å². The Kier molecular flexibility index (Phi) is 1.99. The number of H-pyrrole nitrogens is 1. The first-order chi connectivity index (χ1) is 7.77. The molecule has 3 nitrogen and oxygen atoms in total. The number of aromatic nitrogens is 1. The number of carboxylic acids is 1. The van der Waals surface area contributed by atoms with Crippen LogP contribution in [0.15, 0.2) is 24.4 Å². The molecule has 1 heterocycles. The first kappa shape index (κ1) is 9.46. The predicted octanol–water partition coefficient (Wildman–Crippen LogP) is 2.67. The molecule has 2 N–H and O–H groups in total. The maximum Gasteiger partial charge on any atom is 0.310 e. The van der Waals surface area contributed by atoms with Crippen molar-refractivity contribution in [2.45, 2.75) is 25.2 Å². The standard InChI is InChI=1S/C13H13NO2/c15-13(16)10-5-1-3-8-7-14-11-6-2-4-9(10)12(8)11/h2,4,6-7,10,14H,1,3,5H2,(H,15,16). The van der Waals surface area contributed by atoms with Crippen LogP contribution >= 0.6 is 0 Å². The number of hydrogen-bond acceptors (Lipinski definition) is 1. The number of aromatic amines is 1. The highest BCUT2D eigenvalue weighted by Crippen LogP contribution is 2.35. The van der Waals surface area contributed by atoms with Crippen LogP contribution in [0, 0.1) is 0 Å². The summed E-state index contributed by atoms with van der Waals surface area (Å²) >= 11 is 0. The number of benzene rings is 1. The molecule has 0 amide bonds. The van der Waals surface area contributed by atoms with Gasteiger partial charge in [-0.25, -0.2) is 0 Å². The largest absolute Gasteiger partial charge is 0.481 e. The van der Waals surface area contributed by atoms with E-state index in [1.165, 1.54) is 5.56 Å². The molecule has 1 unspecified atom stereocenters. The molecule has 0 saturated heterocycles. The van der Waals surface area contributed by atoms with Gasteiger partial charge in [0.2, 0.25) is 0 Å². The van der Waals surface area contributed by atoms with Crippen LogP contribution in [0.2, 0.25) is 0 Å². The van der Waals surface area contributed by atoms with Crippen molar-refractivity contribution in [3.63, 3.8) is 0 Å². The number of aliphatic carboxylic acids is 1. The minimum Gasteiger partial charge on any atom is -0.481 e. The van der Waals surface area contributed by atoms with Crippen LogP contribution < -0.4 is 0 Å². The van der Waals surface area contributed by atoms with Crippen molar-refractivity contribution in [2.24, 2.45) is 0 Å². The Morgan fingerprint density at radius 1 is 1.44 bits per heavy atom. The maximum atomic E-state index is 11.3. The van der Waals surface area contributed by atoms with Crippen LogP contribution in [-0.4, -0.2) is 16.1 Å². The molecule has 0 bridgehead atoms. The van der Waals surface area contributed by atoms with Crippen LogP contribution in [0.4, 0.5) is 0 Å². The molecule has 2 aromatic rings. The van der Waals surface area contributed by atoms with Crippen molar-refractivity contribution >= 4 is 16.9 Å². The molecular weight excluding hydrogens is 202 g/mol. The van der Waals surface area contributed by atoms with Crippen molar-refractivity contribution in [2.75, 3.05) is 0 Å². The fourth-order valence-electron chi connectivity index (χ4n) is 2.68. The number of nitrogens with one attached hydrogen (secondary N) is 1. The Morgan fingerprint density at radius 2 is 2.31 bits per heavy atom. The van der Waals surface area contributed by atoms with E-state index in [2.05, 4.69) is 4.98 Å². The van der Waals surface area contributed by atoms with Gasteiger partial charge in [0.05, 0.1) is 5.92 Å². The van der Waals surface area contributed by atoms with Crippen molar-refractivity contribution in [3.8, 4) is 0 Å². The average Bonchev–Trinajstić information content (AvgIpc) is 2.56. The summed E-state index contributed by atoms with van der Waals surface area (Å²) in [4.78, 5) is 14.5. The molecule has 0 fully saturated rings. The number of carbonyl (C=O) groups is 1. The lowest BCUT2D eigenvalue weighted by atomic mass is 9.94. The van der Waals surface area contributed by atoms with E-state index < -0.39 is 5.97 Å². The van der Waals surface area contributed by atoms with Gasteiger partial charge in [-0.3, -0.25) is 4.79 Å². The number of carboxylic acid groups (broad SMARTS) is 1. The number of rotatable bonds is 1. The molecule has 0 saturated carbocycles. The monoisotopic (exact) mass is 215 g/mol.